The second kappa shape index (κ2) is 10.2. The van der Waals surface area contributed by atoms with Gasteiger partial charge in [0.2, 0.25) is 0 Å². The van der Waals surface area contributed by atoms with Crippen LogP contribution in [0.5, 0.6) is 0 Å². The van der Waals surface area contributed by atoms with Crippen LogP contribution in [0, 0.1) is 13.8 Å². The van der Waals surface area contributed by atoms with E-state index in [2.05, 4.69) is 10.4 Å². The lowest BCUT2D eigenvalue weighted by molar-refractivity contribution is -0.143. The van der Waals surface area contributed by atoms with Crippen LogP contribution in [0.3, 0.4) is 0 Å². The fourth-order valence-corrected chi connectivity index (χ4v) is 2.71. The molecule has 2 rings (SSSR count). The van der Waals surface area contributed by atoms with Gasteiger partial charge in [0.15, 0.2) is 6.61 Å². The summed E-state index contributed by atoms with van der Waals surface area (Å²) in [7, 11) is 0. The Morgan fingerprint density at radius 1 is 1.11 bits per heavy atom. The number of nitrogens with one attached hydrogen (secondary N) is 1. The number of esters is 2. The second-order valence-electron chi connectivity index (χ2n) is 6.13. The molecule has 1 heterocycles. The highest BCUT2D eigenvalue weighted by atomic mass is 16.5. The number of rotatable bonds is 9. The van der Waals surface area contributed by atoms with Crippen LogP contribution in [0.2, 0.25) is 0 Å². The number of ether oxygens (including phenoxy) is 2. The Balaban J connectivity index is 1.86. The largest absolute Gasteiger partial charge is 0.466 e. The maximum absolute atomic E-state index is 12.4. The van der Waals surface area contributed by atoms with Crippen molar-refractivity contribution in [2.75, 3.05) is 19.8 Å². The van der Waals surface area contributed by atoms with E-state index in [0.717, 1.165) is 5.69 Å². The first kappa shape index (κ1) is 21.1. The molecule has 1 amide bonds. The zero-order chi connectivity index (χ0) is 20.5. The Morgan fingerprint density at radius 3 is 2.50 bits per heavy atom. The first-order chi connectivity index (χ1) is 13.4. The van der Waals surface area contributed by atoms with Crippen molar-refractivity contribution in [1.29, 1.82) is 0 Å². The van der Waals surface area contributed by atoms with E-state index in [4.69, 9.17) is 9.47 Å². The molecule has 0 radical (unpaired) electrons. The third-order valence-corrected chi connectivity index (χ3v) is 4.02. The predicted molar refractivity (Wildman–Crippen MR) is 102 cm³/mol. The smallest absolute Gasteiger partial charge is 0.342 e. The van der Waals surface area contributed by atoms with E-state index in [-0.39, 0.29) is 12.4 Å². The molecule has 8 heteroatoms. The summed E-state index contributed by atoms with van der Waals surface area (Å²) in [5, 5.41) is 6.99. The minimum absolute atomic E-state index is 0.227. The summed E-state index contributed by atoms with van der Waals surface area (Å²) in [6.45, 7) is 5.48. The number of aromatic nitrogens is 2. The Morgan fingerprint density at radius 2 is 1.82 bits per heavy atom. The summed E-state index contributed by atoms with van der Waals surface area (Å²) in [6.07, 6.45) is 0.686. The molecule has 0 bridgehead atoms. The molecule has 150 valence electrons. The first-order valence-electron chi connectivity index (χ1n) is 9.15. The van der Waals surface area contributed by atoms with Crippen LogP contribution >= 0.6 is 0 Å². The molecule has 1 N–H and O–H groups in total. The van der Waals surface area contributed by atoms with Gasteiger partial charge in [0, 0.05) is 13.0 Å². The van der Waals surface area contributed by atoms with Gasteiger partial charge in [0.1, 0.15) is 5.56 Å². The number of amides is 1. The van der Waals surface area contributed by atoms with Crippen LogP contribution in [0.4, 0.5) is 0 Å². The van der Waals surface area contributed by atoms with Crippen LogP contribution in [0.25, 0.3) is 5.69 Å². The normalized spacial score (nSPS) is 10.4. The summed E-state index contributed by atoms with van der Waals surface area (Å²) in [6, 6.07) is 9.44. The van der Waals surface area contributed by atoms with Gasteiger partial charge in [0.05, 0.1) is 23.7 Å². The van der Waals surface area contributed by atoms with Crippen LogP contribution < -0.4 is 5.32 Å². The number of hydrogen-bond acceptors (Lipinski definition) is 6. The van der Waals surface area contributed by atoms with Crippen molar-refractivity contribution < 1.29 is 23.9 Å². The lowest BCUT2D eigenvalue weighted by atomic mass is 10.2. The number of hydrogen-bond donors (Lipinski definition) is 1. The van der Waals surface area contributed by atoms with E-state index in [9.17, 15) is 14.4 Å². The highest BCUT2D eigenvalue weighted by molar-refractivity contribution is 5.93. The van der Waals surface area contributed by atoms with E-state index in [1.807, 2.05) is 30.3 Å². The molecule has 2 aromatic rings. The Hall–Kier alpha value is -3.16. The molecule has 0 unspecified atom stereocenters. The van der Waals surface area contributed by atoms with Crippen molar-refractivity contribution in [1.82, 2.24) is 15.1 Å². The fourth-order valence-electron chi connectivity index (χ4n) is 2.71. The predicted octanol–water partition coefficient (Wildman–Crippen LogP) is 2.11. The SMILES string of the molecule is CCOC(=O)CCCNC(=O)COC(=O)c1c(C)nn(-c2ccccc2)c1C. The highest BCUT2D eigenvalue weighted by Crippen LogP contribution is 2.18. The third-order valence-electron chi connectivity index (χ3n) is 4.02. The number of carbonyl (C=O) groups is 3. The zero-order valence-electron chi connectivity index (χ0n) is 16.4. The average molecular weight is 387 g/mol. The van der Waals surface area contributed by atoms with E-state index < -0.39 is 18.5 Å². The maximum atomic E-state index is 12.4. The zero-order valence-corrected chi connectivity index (χ0v) is 16.4. The molecular formula is C20H25N3O5. The molecule has 0 saturated heterocycles. The average Bonchev–Trinajstić information content (AvgIpc) is 2.98. The van der Waals surface area contributed by atoms with Gasteiger partial charge in [0.25, 0.3) is 5.91 Å². The van der Waals surface area contributed by atoms with E-state index >= 15 is 0 Å². The van der Waals surface area contributed by atoms with Crippen LogP contribution in [-0.2, 0) is 19.1 Å². The number of aryl methyl sites for hydroxylation is 1. The molecule has 0 atom stereocenters. The molecule has 8 nitrogen and oxygen atoms in total. The molecular weight excluding hydrogens is 362 g/mol. The molecule has 0 saturated carbocycles. The quantitative estimate of drug-likeness (QED) is 0.523. The number of para-hydroxylation sites is 1. The number of carbonyl (C=O) groups excluding carboxylic acids is 3. The molecule has 0 aliphatic rings. The van der Waals surface area contributed by atoms with Gasteiger partial charge in [-0.25, -0.2) is 9.48 Å². The van der Waals surface area contributed by atoms with Gasteiger partial charge < -0.3 is 14.8 Å². The van der Waals surface area contributed by atoms with Crippen molar-refractivity contribution in [3.63, 3.8) is 0 Å². The van der Waals surface area contributed by atoms with Gasteiger partial charge in [-0.1, -0.05) is 18.2 Å². The second-order valence-corrected chi connectivity index (χ2v) is 6.13. The first-order valence-corrected chi connectivity index (χ1v) is 9.15. The lowest BCUT2D eigenvalue weighted by Crippen LogP contribution is -2.30. The Kier molecular flexibility index (Phi) is 7.74. The molecule has 28 heavy (non-hydrogen) atoms. The van der Waals surface area contributed by atoms with Crippen molar-refractivity contribution in [3.8, 4) is 5.69 Å². The highest BCUT2D eigenvalue weighted by Gasteiger charge is 2.21. The third kappa shape index (κ3) is 5.67. The topological polar surface area (TPSA) is 99.5 Å². The van der Waals surface area contributed by atoms with E-state index in [1.54, 1.807) is 25.5 Å². The minimum Gasteiger partial charge on any atom is -0.466 e. The van der Waals surface area contributed by atoms with Crippen molar-refractivity contribution in [2.45, 2.75) is 33.6 Å². The Labute approximate surface area is 163 Å². The molecule has 0 fully saturated rings. The van der Waals surface area contributed by atoms with Gasteiger partial charge in [-0.05, 0) is 39.3 Å². The molecule has 0 aliphatic carbocycles. The molecule has 0 aliphatic heterocycles. The van der Waals surface area contributed by atoms with Crippen LogP contribution in [0.1, 0.15) is 41.5 Å². The van der Waals surface area contributed by atoms with E-state index in [0.29, 0.717) is 36.5 Å². The van der Waals surface area contributed by atoms with Crippen molar-refractivity contribution in [3.05, 3.63) is 47.3 Å². The van der Waals surface area contributed by atoms with E-state index in [1.165, 1.54) is 0 Å². The van der Waals surface area contributed by atoms with Crippen molar-refractivity contribution in [2.24, 2.45) is 0 Å². The maximum Gasteiger partial charge on any atom is 0.342 e. The minimum atomic E-state index is -0.598. The fraction of sp³-hybridized carbons (Fsp3) is 0.400. The summed E-state index contributed by atoms with van der Waals surface area (Å²) < 4.78 is 11.6. The molecule has 0 spiro atoms. The number of benzene rings is 1. The van der Waals surface area contributed by atoms with Gasteiger partial charge >= 0.3 is 11.9 Å². The van der Waals surface area contributed by atoms with Gasteiger partial charge in [-0.2, -0.15) is 5.10 Å². The Bertz CT molecular complexity index is 830. The molecule has 1 aromatic carbocycles. The molecule has 1 aromatic heterocycles. The standard InChI is InChI=1S/C20H25N3O5/c1-4-27-18(25)11-8-12-21-17(24)13-28-20(26)19-14(2)22-23(15(19)3)16-9-6-5-7-10-16/h5-7,9-10H,4,8,11-13H2,1-3H3,(H,21,24). The summed E-state index contributed by atoms with van der Waals surface area (Å²) in [4.78, 5) is 35.4. The summed E-state index contributed by atoms with van der Waals surface area (Å²) in [5.74, 6) is -1.33. The summed E-state index contributed by atoms with van der Waals surface area (Å²) >= 11 is 0. The number of nitrogens with zero attached hydrogens (tertiary/aromatic N) is 2. The van der Waals surface area contributed by atoms with Gasteiger partial charge in [-0.3, -0.25) is 9.59 Å². The van der Waals surface area contributed by atoms with Crippen molar-refractivity contribution >= 4 is 17.8 Å². The van der Waals surface area contributed by atoms with Crippen LogP contribution in [-0.4, -0.2) is 47.4 Å². The monoisotopic (exact) mass is 387 g/mol. The van der Waals surface area contributed by atoms with Crippen LogP contribution in [0.15, 0.2) is 30.3 Å². The summed E-state index contributed by atoms with van der Waals surface area (Å²) in [5.41, 5.74) is 2.35. The lowest BCUT2D eigenvalue weighted by Gasteiger charge is -2.07. The van der Waals surface area contributed by atoms with Gasteiger partial charge in [-0.15, -0.1) is 0 Å².